The molecule has 1 aromatic heterocycles. The van der Waals surface area contributed by atoms with Gasteiger partial charge in [0.05, 0.1) is 41.9 Å². The quantitative estimate of drug-likeness (QED) is 0.232. The van der Waals surface area contributed by atoms with Crippen LogP contribution in [0.4, 0.5) is 0 Å². The van der Waals surface area contributed by atoms with E-state index in [1.165, 1.54) is 16.2 Å². The van der Waals surface area contributed by atoms with E-state index in [9.17, 15) is 14.7 Å². The first kappa shape index (κ1) is 27.1. The van der Waals surface area contributed by atoms with Crippen LogP contribution in [0.1, 0.15) is 46.4 Å². The zero-order chi connectivity index (χ0) is 28.4. The molecule has 2 heterocycles. The maximum Gasteiger partial charge on any atom is 0.290 e. The molecule has 204 valence electrons. The highest BCUT2D eigenvalue weighted by atomic mass is 32.1. The summed E-state index contributed by atoms with van der Waals surface area (Å²) in [5.74, 6) is -0.308. The summed E-state index contributed by atoms with van der Waals surface area (Å²) >= 11 is 1.25. The van der Waals surface area contributed by atoms with Crippen molar-refractivity contribution in [3.8, 4) is 22.1 Å². The normalized spacial score (nSPS) is 15.2. The summed E-state index contributed by atoms with van der Waals surface area (Å²) in [5, 5.41) is 11.9. The number of ketones is 1. The Labute approximate surface area is 237 Å². The van der Waals surface area contributed by atoms with Crippen molar-refractivity contribution in [2.75, 3.05) is 7.11 Å². The third-order valence-electron chi connectivity index (χ3n) is 6.67. The van der Waals surface area contributed by atoms with Gasteiger partial charge in [0, 0.05) is 11.1 Å². The van der Waals surface area contributed by atoms with Gasteiger partial charge in [-0.15, -0.1) is 11.3 Å². The molecule has 0 saturated carbocycles. The lowest BCUT2D eigenvalue weighted by Gasteiger charge is -2.27. The standard InChI is InChI=1S/C32H30N2O5S/c1-19(2)39-24-16-14-21(15-17-24)27-26(28(35)30-20(3)33-31(40-30)22-10-6-5-7-11-22)29(36)32(37)34(27)18-23-12-8-9-13-25(23)38-4/h5-17,19,27,36H,18H2,1-4H3. The van der Waals surface area contributed by atoms with Gasteiger partial charge in [-0.3, -0.25) is 9.59 Å². The number of ether oxygens (including phenoxy) is 2. The number of nitrogens with zero attached hydrogens (tertiary/aromatic N) is 2. The summed E-state index contributed by atoms with van der Waals surface area (Å²) in [7, 11) is 1.57. The maximum absolute atomic E-state index is 14.1. The second-order valence-corrected chi connectivity index (χ2v) is 10.8. The number of aryl methyl sites for hydroxylation is 1. The number of thiazole rings is 1. The first-order valence-electron chi connectivity index (χ1n) is 13.0. The number of para-hydroxylation sites is 1. The fourth-order valence-corrected chi connectivity index (χ4v) is 5.87. The highest BCUT2D eigenvalue weighted by Gasteiger charge is 2.44. The highest BCUT2D eigenvalue weighted by Crippen LogP contribution is 2.42. The van der Waals surface area contributed by atoms with Crippen LogP contribution < -0.4 is 9.47 Å². The van der Waals surface area contributed by atoms with Crippen molar-refractivity contribution in [2.45, 2.75) is 39.5 Å². The fourth-order valence-electron chi connectivity index (χ4n) is 4.85. The number of Topliss-reactive ketones (excluding diaryl/α,β-unsaturated/α-hetero) is 1. The molecule has 8 heteroatoms. The molecule has 0 aliphatic carbocycles. The van der Waals surface area contributed by atoms with Gasteiger partial charge in [-0.05, 0) is 44.5 Å². The van der Waals surface area contributed by atoms with Crippen molar-refractivity contribution < 1.29 is 24.2 Å². The second kappa shape index (κ2) is 11.4. The largest absolute Gasteiger partial charge is 0.503 e. The number of aromatic nitrogens is 1. The number of hydrogen-bond acceptors (Lipinski definition) is 7. The molecular formula is C32H30N2O5S. The van der Waals surface area contributed by atoms with Gasteiger partial charge >= 0.3 is 0 Å². The number of rotatable bonds is 9. The predicted octanol–water partition coefficient (Wildman–Crippen LogP) is 6.69. The van der Waals surface area contributed by atoms with Crippen LogP contribution in [-0.2, 0) is 11.3 Å². The first-order valence-corrected chi connectivity index (χ1v) is 13.8. The van der Waals surface area contributed by atoms with Gasteiger partial charge in [-0.1, -0.05) is 60.7 Å². The number of aliphatic hydroxyl groups is 1. The molecule has 0 fully saturated rings. The minimum Gasteiger partial charge on any atom is -0.503 e. The number of amides is 1. The third kappa shape index (κ3) is 5.22. The van der Waals surface area contributed by atoms with Crippen LogP contribution in [0.25, 0.3) is 10.6 Å². The molecule has 5 rings (SSSR count). The van der Waals surface area contributed by atoms with E-state index in [1.54, 1.807) is 14.0 Å². The number of benzene rings is 3. The van der Waals surface area contributed by atoms with Crippen molar-refractivity contribution in [1.82, 2.24) is 9.88 Å². The molecule has 40 heavy (non-hydrogen) atoms. The van der Waals surface area contributed by atoms with Gasteiger partial charge in [0.1, 0.15) is 16.5 Å². The number of methoxy groups -OCH3 is 1. The lowest BCUT2D eigenvalue weighted by atomic mass is 9.94. The van der Waals surface area contributed by atoms with E-state index in [1.807, 2.05) is 92.7 Å². The van der Waals surface area contributed by atoms with Crippen LogP contribution >= 0.6 is 11.3 Å². The predicted molar refractivity (Wildman–Crippen MR) is 155 cm³/mol. The Morgan fingerprint density at radius 3 is 2.38 bits per heavy atom. The molecule has 0 spiro atoms. The summed E-state index contributed by atoms with van der Waals surface area (Å²) in [5.41, 5.74) is 2.90. The van der Waals surface area contributed by atoms with Crippen molar-refractivity contribution in [1.29, 1.82) is 0 Å². The van der Waals surface area contributed by atoms with Gasteiger partial charge in [0.25, 0.3) is 5.91 Å². The van der Waals surface area contributed by atoms with Gasteiger partial charge in [0.15, 0.2) is 5.76 Å². The number of aliphatic hydroxyl groups excluding tert-OH is 1. The van der Waals surface area contributed by atoms with E-state index in [2.05, 4.69) is 4.98 Å². The molecule has 1 N–H and O–H groups in total. The van der Waals surface area contributed by atoms with Gasteiger partial charge in [-0.25, -0.2) is 4.98 Å². The molecule has 0 bridgehead atoms. The monoisotopic (exact) mass is 554 g/mol. The summed E-state index contributed by atoms with van der Waals surface area (Å²) in [4.78, 5) is 34.2. The van der Waals surface area contributed by atoms with Gasteiger partial charge in [-0.2, -0.15) is 0 Å². The zero-order valence-electron chi connectivity index (χ0n) is 22.8. The lowest BCUT2D eigenvalue weighted by Crippen LogP contribution is -2.30. The molecule has 0 saturated heterocycles. The third-order valence-corrected chi connectivity index (χ3v) is 7.88. The molecular weight excluding hydrogens is 524 g/mol. The smallest absolute Gasteiger partial charge is 0.290 e. The Morgan fingerprint density at radius 2 is 1.70 bits per heavy atom. The van der Waals surface area contributed by atoms with E-state index in [-0.39, 0.29) is 18.2 Å². The molecule has 1 atom stereocenters. The van der Waals surface area contributed by atoms with E-state index in [0.717, 1.165) is 11.1 Å². The molecule has 3 aromatic carbocycles. The average Bonchev–Trinajstić information content (AvgIpc) is 3.46. The maximum atomic E-state index is 14.1. The molecule has 7 nitrogen and oxygen atoms in total. The zero-order valence-corrected chi connectivity index (χ0v) is 23.6. The van der Waals surface area contributed by atoms with E-state index in [4.69, 9.17) is 9.47 Å². The fraction of sp³-hybridized carbons (Fsp3) is 0.219. The van der Waals surface area contributed by atoms with E-state index < -0.39 is 23.5 Å². The molecule has 1 aliphatic heterocycles. The Kier molecular flexibility index (Phi) is 7.71. The molecule has 4 aromatic rings. The van der Waals surface area contributed by atoms with Crippen LogP contribution in [0.15, 0.2) is 90.2 Å². The molecule has 1 unspecified atom stereocenters. The number of carbonyl (C=O) groups is 2. The average molecular weight is 555 g/mol. The van der Waals surface area contributed by atoms with Crippen molar-refractivity contribution in [3.05, 3.63) is 112 Å². The van der Waals surface area contributed by atoms with Crippen LogP contribution in [0.5, 0.6) is 11.5 Å². The highest BCUT2D eigenvalue weighted by molar-refractivity contribution is 7.17. The van der Waals surface area contributed by atoms with E-state index in [0.29, 0.717) is 32.6 Å². The Hall–Kier alpha value is -4.43. The van der Waals surface area contributed by atoms with Gasteiger partial charge < -0.3 is 19.5 Å². The Balaban J connectivity index is 1.58. The summed E-state index contributed by atoms with van der Waals surface area (Å²) < 4.78 is 11.3. The minimum absolute atomic E-state index is 0.00449. The first-order chi connectivity index (χ1) is 19.3. The second-order valence-electron chi connectivity index (χ2n) is 9.77. The van der Waals surface area contributed by atoms with Crippen LogP contribution in [-0.4, -0.2) is 39.9 Å². The minimum atomic E-state index is -0.820. The molecule has 1 amide bonds. The number of carbonyl (C=O) groups excluding carboxylic acids is 2. The number of hydrogen-bond donors (Lipinski definition) is 1. The van der Waals surface area contributed by atoms with Gasteiger partial charge in [0.2, 0.25) is 5.78 Å². The van der Waals surface area contributed by atoms with Crippen LogP contribution in [0.3, 0.4) is 0 Å². The van der Waals surface area contributed by atoms with Crippen molar-refractivity contribution in [3.63, 3.8) is 0 Å². The topological polar surface area (TPSA) is 89.0 Å². The summed E-state index contributed by atoms with van der Waals surface area (Å²) in [6.45, 7) is 5.79. The Morgan fingerprint density at radius 1 is 1.02 bits per heavy atom. The van der Waals surface area contributed by atoms with Crippen LogP contribution in [0, 0.1) is 6.92 Å². The van der Waals surface area contributed by atoms with E-state index >= 15 is 0 Å². The summed E-state index contributed by atoms with van der Waals surface area (Å²) in [6.07, 6.45) is -0.00449. The SMILES string of the molecule is COc1ccccc1CN1C(=O)C(O)=C(C(=O)c2sc(-c3ccccc3)nc2C)C1c1ccc(OC(C)C)cc1. The van der Waals surface area contributed by atoms with Crippen molar-refractivity contribution in [2.24, 2.45) is 0 Å². The summed E-state index contributed by atoms with van der Waals surface area (Å²) in [6, 6.07) is 23.4. The Bertz CT molecular complexity index is 1570. The lowest BCUT2D eigenvalue weighted by molar-refractivity contribution is -0.130. The van der Waals surface area contributed by atoms with Crippen molar-refractivity contribution >= 4 is 23.0 Å². The van der Waals surface area contributed by atoms with Crippen LogP contribution in [0.2, 0.25) is 0 Å². The molecule has 1 aliphatic rings. The molecule has 0 radical (unpaired) electrons.